The van der Waals surface area contributed by atoms with Crippen LogP contribution in [-0.2, 0) is 4.79 Å². The zero-order chi connectivity index (χ0) is 22.2. The van der Waals surface area contributed by atoms with E-state index in [1.165, 1.54) is 6.21 Å². The fourth-order valence-electron chi connectivity index (χ4n) is 2.57. The maximum absolute atomic E-state index is 12.4. The molecule has 3 aromatic rings. The van der Waals surface area contributed by atoms with Gasteiger partial charge in [0.1, 0.15) is 5.75 Å². The molecule has 0 spiro atoms. The van der Waals surface area contributed by atoms with Crippen molar-refractivity contribution in [3.8, 4) is 11.5 Å². The number of benzene rings is 3. The first kappa shape index (κ1) is 22.7. The maximum atomic E-state index is 12.4. The number of nitrogens with one attached hydrogen (secondary N) is 1. The van der Waals surface area contributed by atoms with E-state index in [0.29, 0.717) is 21.3 Å². The lowest BCUT2D eigenvalue weighted by atomic mass is 10.2. The van der Waals surface area contributed by atoms with Gasteiger partial charge in [-0.05, 0) is 64.8 Å². The summed E-state index contributed by atoms with van der Waals surface area (Å²) in [5, 5.41) is 3.96. The lowest BCUT2D eigenvalue weighted by Gasteiger charge is -2.10. The second-order valence-electron chi connectivity index (χ2n) is 6.46. The third-order valence-corrected chi connectivity index (χ3v) is 5.04. The third-order valence-electron chi connectivity index (χ3n) is 3.99. The summed E-state index contributed by atoms with van der Waals surface area (Å²) in [5.74, 6) is -0.0419. The highest BCUT2D eigenvalue weighted by Crippen LogP contribution is 2.32. The van der Waals surface area contributed by atoms with Gasteiger partial charge in [0.25, 0.3) is 5.91 Å². The van der Waals surface area contributed by atoms with E-state index in [-0.39, 0.29) is 12.4 Å². The topological polar surface area (TPSA) is 77.0 Å². The van der Waals surface area contributed by atoms with Crippen LogP contribution in [0.15, 0.2) is 80.8 Å². The Balaban J connectivity index is 1.66. The van der Waals surface area contributed by atoms with Gasteiger partial charge in [-0.2, -0.15) is 5.10 Å². The Morgan fingerprint density at radius 3 is 2.55 bits per heavy atom. The normalized spacial score (nSPS) is 10.7. The summed E-state index contributed by atoms with van der Waals surface area (Å²) >= 11 is 6.80. The highest BCUT2D eigenvalue weighted by atomic mass is 79.9. The summed E-state index contributed by atoms with van der Waals surface area (Å²) in [6.07, 6.45) is 1.40. The Morgan fingerprint density at radius 2 is 1.81 bits per heavy atom. The van der Waals surface area contributed by atoms with Crippen LogP contribution in [0.3, 0.4) is 0 Å². The Labute approximate surface area is 196 Å². The summed E-state index contributed by atoms with van der Waals surface area (Å²) in [6, 6.07) is 19.5. The quantitative estimate of drug-likeness (QED) is 0.190. The Morgan fingerprint density at radius 1 is 1.03 bits per heavy atom. The second kappa shape index (κ2) is 10.9. The zero-order valence-corrected chi connectivity index (χ0v) is 19.6. The van der Waals surface area contributed by atoms with Crippen LogP contribution in [0.5, 0.6) is 11.5 Å². The van der Waals surface area contributed by atoms with E-state index in [2.05, 4.69) is 42.4 Å². The summed E-state index contributed by atoms with van der Waals surface area (Å²) in [5.41, 5.74) is 4.35. The largest absolute Gasteiger partial charge is 0.484 e. The Kier molecular flexibility index (Phi) is 7.97. The molecule has 0 bridgehead atoms. The van der Waals surface area contributed by atoms with Crippen LogP contribution in [-0.4, -0.2) is 24.7 Å². The first-order valence-corrected chi connectivity index (χ1v) is 10.8. The molecule has 0 aliphatic rings. The number of halogens is 2. The highest BCUT2D eigenvalue weighted by Gasteiger charge is 2.15. The van der Waals surface area contributed by atoms with Crippen LogP contribution in [0, 0.1) is 6.92 Å². The number of rotatable bonds is 7. The fourth-order valence-corrected chi connectivity index (χ4v) is 3.91. The highest BCUT2D eigenvalue weighted by molar-refractivity contribution is 9.11. The van der Waals surface area contributed by atoms with Crippen molar-refractivity contribution in [2.75, 3.05) is 6.61 Å². The molecule has 6 nitrogen and oxygen atoms in total. The minimum Gasteiger partial charge on any atom is -0.484 e. The monoisotopic (exact) mass is 544 g/mol. The molecule has 0 atom stereocenters. The average Bonchev–Trinajstić information content (AvgIpc) is 2.75. The van der Waals surface area contributed by atoms with Crippen LogP contribution in [0.25, 0.3) is 0 Å². The predicted octanol–water partition coefficient (Wildman–Crippen LogP) is 5.27. The average molecular weight is 546 g/mol. The molecule has 0 saturated carbocycles. The van der Waals surface area contributed by atoms with Gasteiger partial charge in [0.05, 0.1) is 16.3 Å². The van der Waals surface area contributed by atoms with Gasteiger partial charge in [-0.3, -0.25) is 4.79 Å². The van der Waals surface area contributed by atoms with Gasteiger partial charge >= 0.3 is 5.97 Å². The predicted molar refractivity (Wildman–Crippen MR) is 126 cm³/mol. The summed E-state index contributed by atoms with van der Waals surface area (Å²) < 4.78 is 12.3. The number of ether oxygens (including phenoxy) is 2. The SMILES string of the molecule is Cc1cccc(OCC(=O)NN=Cc2cc(Br)cc(Br)c2OC(=O)c2ccccc2)c1. The lowest BCUT2D eigenvalue weighted by Crippen LogP contribution is -2.24. The molecule has 3 aromatic carbocycles. The van der Waals surface area contributed by atoms with Crippen molar-refractivity contribution < 1.29 is 19.1 Å². The molecule has 158 valence electrons. The third kappa shape index (κ3) is 6.77. The Hall–Kier alpha value is -2.97. The van der Waals surface area contributed by atoms with Crippen molar-refractivity contribution in [3.05, 3.63) is 92.4 Å². The van der Waals surface area contributed by atoms with Gasteiger partial charge in [-0.15, -0.1) is 0 Å². The number of hydrazone groups is 1. The van der Waals surface area contributed by atoms with Gasteiger partial charge in [0, 0.05) is 10.0 Å². The van der Waals surface area contributed by atoms with E-state index in [4.69, 9.17) is 9.47 Å². The maximum Gasteiger partial charge on any atom is 0.343 e. The van der Waals surface area contributed by atoms with Crippen LogP contribution in [0.2, 0.25) is 0 Å². The van der Waals surface area contributed by atoms with Crippen molar-refractivity contribution in [2.45, 2.75) is 6.92 Å². The number of amides is 1. The number of carbonyl (C=O) groups is 2. The van der Waals surface area contributed by atoms with Gasteiger partial charge in [0.15, 0.2) is 12.4 Å². The first-order chi connectivity index (χ1) is 14.9. The molecule has 0 saturated heterocycles. The molecule has 0 fully saturated rings. The van der Waals surface area contributed by atoms with Crippen molar-refractivity contribution in [2.24, 2.45) is 5.10 Å². The number of esters is 1. The fraction of sp³-hybridized carbons (Fsp3) is 0.0870. The van der Waals surface area contributed by atoms with E-state index in [0.717, 1.165) is 10.0 Å². The molecule has 1 amide bonds. The Bertz CT molecular complexity index is 1120. The zero-order valence-electron chi connectivity index (χ0n) is 16.5. The van der Waals surface area contributed by atoms with Crippen LogP contribution >= 0.6 is 31.9 Å². The number of aryl methyl sites for hydroxylation is 1. The number of hydrogen-bond acceptors (Lipinski definition) is 5. The molecular weight excluding hydrogens is 528 g/mol. The smallest absolute Gasteiger partial charge is 0.343 e. The van der Waals surface area contributed by atoms with E-state index in [1.54, 1.807) is 42.5 Å². The minimum atomic E-state index is -0.506. The molecule has 1 N–H and O–H groups in total. The molecule has 31 heavy (non-hydrogen) atoms. The molecule has 3 rings (SSSR count). The van der Waals surface area contributed by atoms with Crippen molar-refractivity contribution in [1.82, 2.24) is 5.43 Å². The molecule has 8 heteroatoms. The number of hydrogen-bond donors (Lipinski definition) is 1. The molecule has 0 aromatic heterocycles. The molecular formula is C23H18Br2N2O4. The van der Waals surface area contributed by atoms with Gasteiger partial charge in [-0.25, -0.2) is 10.2 Å². The number of nitrogens with zero attached hydrogens (tertiary/aromatic N) is 1. The van der Waals surface area contributed by atoms with E-state index in [1.807, 2.05) is 31.2 Å². The van der Waals surface area contributed by atoms with E-state index in [9.17, 15) is 9.59 Å². The lowest BCUT2D eigenvalue weighted by molar-refractivity contribution is -0.123. The van der Waals surface area contributed by atoms with Crippen LogP contribution in [0.4, 0.5) is 0 Å². The van der Waals surface area contributed by atoms with Gasteiger partial charge in [-0.1, -0.05) is 46.3 Å². The van der Waals surface area contributed by atoms with Gasteiger partial charge in [0.2, 0.25) is 0 Å². The summed E-state index contributed by atoms with van der Waals surface area (Å²) in [7, 11) is 0. The molecule has 0 aliphatic heterocycles. The van der Waals surface area contributed by atoms with Crippen molar-refractivity contribution in [3.63, 3.8) is 0 Å². The molecule has 0 radical (unpaired) electrons. The molecule has 0 unspecified atom stereocenters. The van der Waals surface area contributed by atoms with E-state index < -0.39 is 11.9 Å². The standard InChI is InChI=1S/C23H18Br2N2O4/c1-15-6-5-9-19(10-15)30-14-21(28)27-26-13-17-11-18(24)12-20(25)22(17)31-23(29)16-7-3-2-4-8-16/h2-13H,14H2,1H3,(H,27,28). The summed E-state index contributed by atoms with van der Waals surface area (Å²) in [4.78, 5) is 24.5. The first-order valence-electron chi connectivity index (χ1n) is 9.20. The second-order valence-corrected chi connectivity index (χ2v) is 8.23. The van der Waals surface area contributed by atoms with Crippen LogP contribution < -0.4 is 14.9 Å². The number of carbonyl (C=O) groups excluding carboxylic acids is 2. The minimum absolute atomic E-state index is 0.182. The van der Waals surface area contributed by atoms with Crippen molar-refractivity contribution >= 4 is 50.0 Å². The van der Waals surface area contributed by atoms with Gasteiger partial charge < -0.3 is 9.47 Å². The van der Waals surface area contributed by atoms with Crippen LogP contribution in [0.1, 0.15) is 21.5 Å². The summed E-state index contributed by atoms with van der Waals surface area (Å²) in [6.45, 7) is 1.76. The van der Waals surface area contributed by atoms with Crippen molar-refractivity contribution in [1.29, 1.82) is 0 Å². The van der Waals surface area contributed by atoms with E-state index >= 15 is 0 Å². The molecule has 0 heterocycles. The molecule has 0 aliphatic carbocycles.